The van der Waals surface area contributed by atoms with Crippen molar-refractivity contribution < 1.29 is 4.79 Å². The average Bonchev–Trinajstić information content (AvgIpc) is 3.21. The predicted octanol–water partition coefficient (Wildman–Crippen LogP) is 3.55. The molecule has 3 aromatic rings. The number of hydrogen-bond acceptors (Lipinski definition) is 7. The molecule has 1 unspecified atom stereocenters. The molecule has 1 aromatic carbocycles. The Morgan fingerprint density at radius 3 is 2.65 bits per heavy atom. The quantitative estimate of drug-likeness (QED) is 0.650. The van der Waals surface area contributed by atoms with Crippen LogP contribution in [0.3, 0.4) is 0 Å². The van der Waals surface area contributed by atoms with Crippen LogP contribution in [-0.2, 0) is 11.3 Å². The van der Waals surface area contributed by atoms with Gasteiger partial charge in [-0.05, 0) is 33.3 Å². The lowest BCUT2D eigenvalue weighted by Gasteiger charge is -2.12. The number of carbonyl (C=O) groups excluding carboxylic acids is 1. The van der Waals surface area contributed by atoms with Crippen molar-refractivity contribution in [1.82, 2.24) is 25.0 Å². The summed E-state index contributed by atoms with van der Waals surface area (Å²) in [6.07, 6.45) is 0. The first-order valence-electron chi connectivity index (χ1n) is 8.26. The lowest BCUT2D eigenvalue weighted by atomic mass is 10.1. The molecule has 7 nitrogen and oxygen atoms in total. The van der Waals surface area contributed by atoms with E-state index in [2.05, 4.69) is 38.7 Å². The Balaban J connectivity index is 1.77. The van der Waals surface area contributed by atoms with E-state index in [0.717, 1.165) is 33.7 Å². The van der Waals surface area contributed by atoms with E-state index in [0.29, 0.717) is 5.13 Å². The van der Waals surface area contributed by atoms with Gasteiger partial charge in [0.25, 0.3) is 0 Å². The molecule has 1 amide bonds. The molecular formula is C17H20N6OS2. The molecule has 0 aliphatic rings. The number of aromatic nitrogens is 5. The van der Waals surface area contributed by atoms with Gasteiger partial charge in [-0.25, -0.2) is 0 Å². The normalized spacial score (nSPS) is 12.2. The second-order valence-electron chi connectivity index (χ2n) is 5.74. The average molecular weight is 389 g/mol. The molecule has 0 saturated heterocycles. The molecular weight excluding hydrogens is 368 g/mol. The van der Waals surface area contributed by atoms with Crippen LogP contribution in [0.5, 0.6) is 0 Å². The van der Waals surface area contributed by atoms with Gasteiger partial charge in [0.05, 0.1) is 5.25 Å². The van der Waals surface area contributed by atoms with E-state index in [9.17, 15) is 4.79 Å². The molecule has 0 spiro atoms. The van der Waals surface area contributed by atoms with E-state index in [-0.39, 0.29) is 11.2 Å². The molecule has 0 aliphatic carbocycles. The first-order chi connectivity index (χ1) is 12.5. The van der Waals surface area contributed by atoms with Gasteiger partial charge in [0, 0.05) is 12.1 Å². The molecule has 2 heterocycles. The lowest BCUT2D eigenvalue weighted by Crippen LogP contribution is -2.22. The second kappa shape index (κ2) is 7.96. The highest BCUT2D eigenvalue weighted by Gasteiger charge is 2.21. The van der Waals surface area contributed by atoms with E-state index >= 15 is 0 Å². The van der Waals surface area contributed by atoms with Crippen molar-refractivity contribution in [1.29, 1.82) is 0 Å². The highest BCUT2D eigenvalue weighted by Crippen LogP contribution is 2.29. The van der Waals surface area contributed by atoms with Gasteiger partial charge in [-0.1, -0.05) is 47.4 Å². The molecule has 1 atom stereocenters. The summed E-state index contributed by atoms with van der Waals surface area (Å²) >= 11 is 2.74. The number of rotatable bonds is 6. The summed E-state index contributed by atoms with van der Waals surface area (Å²) in [6, 6.07) is 8.08. The smallest absolute Gasteiger partial charge is 0.239 e. The fourth-order valence-electron chi connectivity index (χ4n) is 2.45. The number of nitrogens with one attached hydrogen (secondary N) is 1. The van der Waals surface area contributed by atoms with Gasteiger partial charge in [-0.15, -0.1) is 20.4 Å². The number of carbonyl (C=O) groups is 1. The summed E-state index contributed by atoms with van der Waals surface area (Å²) in [4.78, 5) is 12.4. The van der Waals surface area contributed by atoms with Crippen molar-refractivity contribution in [2.75, 3.05) is 5.32 Å². The van der Waals surface area contributed by atoms with Crippen molar-refractivity contribution >= 4 is 34.1 Å². The molecule has 26 heavy (non-hydrogen) atoms. The van der Waals surface area contributed by atoms with E-state index < -0.39 is 0 Å². The molecule has 0 bridgehead atoms. The maximum absolute atomic E-state index is 12.4. The topological polar surface area (TPSA) is 85.6 Å². The van der Waals surface area contributed by atoms with E-state index in [1.165, 1.54) is 23.1 Å². The largest absolute Gasteiger partial charge is 0.302 e. The van der Waals surface area contributed by atoms with Gasteiger partial charge in [-0.3, -0.25) is 10.1 Å². The van der Waals surface area contributed by atoms with Crippen LogP contribution in [0.4, 0.5) is 5.13 Å². The number of hydrogen-bond donors (Lipinski definition) is 1. The minimum Gasteiger partial charge on any atom is -0.302 e. The number of anilines is 1. The van der Waals surface area contributed by atoms with Gasteiger partial charge in [0.1, 0.15) is 5.01 Å². The van der Waals surface area contributed by atoms with Crippen LogP contribution >= 0.6 is 23.1 Å². The third kappa shape index (κ3) is 3.94. The maximum Gasteiger partial charge on any atom is 0.239 e. The number of amides is 1. The van der Waals surface area contributed by atoms with E-state index in [4.69, 9.17) is 0 Å². The standard InChI is InChI=1S/C17H20N6OS2/c1-5-23-14(13-9-7-6-8-10(13)2)20-22-17(23)25-11(3)15(24)18-16-21-19-12(4)26-16/h6-9,11H,5H2,1-4H3,(H,18,21,24). The van der Waals surface area contributed by atoms with Gasteiger partial charge >= 0.3 is 0 Å². The van der Waals surface area contributed by atoms with Crippen molar-refractivity contribution in [3.8, 4) is 11.4 Å². The monoisotopic (exact) mass is 388 g/mol. The maximum atomic E-state index is 12.4. The summed E-state index contributed by atoms with van der Waals surface area (Å²) in [5, 5.41) is 21.0. The SMILES string of the molecule is CCn1c(SC(C)C(=O)Nc2nnc(C)s2)nnc1-c1ccccc1C. The van der Waals surface area contributed by atoms with Gasteiger partial charge in [0.15, 0.2) is 11.0 Å². The van der Waals surface area contributed by atoms with Crippen molar-refractivity contribution in [2.45, 2.75) is 44.6 Å². The molecule has 2 aromatic heterocycles. The fraction of sp³-hybridized carbons (Fsp3) is 0.353. The Labute approximate surface area is 160 Å². The van der Waals surface area contributed by atoms with Crippen LogP contribution in [0.2, 0.25) is 0 Å². The third-order valence-corrected chi connectivity index (χ3v) is 5.66. The van der Waals surface area contributed by atoms with Crippen LogP contribution in [0.1, 0.15) is 24.4 Å². The zero-order valence-corrected chi connectivity index (χ0v) is 16.7. The van der Waals surface area contributed by atoms with E-state index in [1.54, 1.807) is 0 Å². The van der Waals surface area contributed by atoms with Crippen LogP contribution in [0.15, 0.2) is 29.4 Å². The molecule has 3 rings (SSSR count). The number of thioether (sulfide) groups is 1. The summed E-state index contributed by atoms with van der Waals surface area (Å²) in [5.41, 5.74) is 2.19. The van der Waals surface area contributed by atoms with Crippen molar-refractivity contribution in [3.63, 3.8) is 0 Å². The molecule has 0 radical (unpaired) electrons. The molecule has 136 valence electrons. The first kappa shape index (κ1) is 18.5. The first-order valence-corrected chi connectivity index (χ1v) is 9.96. The molecule has 1 N–H and O–H groups in total. The molecule has 9 heteroatoms. The Morgan fingerprint density at radius 2 is 2.00 bits per heavy atom. The lowest BCUT2D eigenvalue weighted by molar-refractivity contribution is -0.115. The highest BCUT2D eigenvalue weighted by molar-refractivity contribution is 8.00. The number of benzene rings is 1. The van der Waals surface area contributed by atoms with Crippen LogP contribution < -0.4 is 5.32 Å². The predicted molar refractivity (Wildman–Crippen MR) is 104 cm³/mol. The highest BCUT2D eigenvalue weighted by atomic mass is 32.2. The summed E-state index contributed by atoms with van der Waals surface area (Å²) in [6.45, 7) is 8.52. The van der Waals surface area contributed by atoms with Gasteiger partial charge in [-0.2, -0.15) is 0 Å². The zero-order chi connectivity index (χ0) is 18.7. The van der Waals surface area contributed by atoms with Crippen LogP contribution in [0, 0.1) is 13.8 Å². The minimum atomic E-state index is -0.335. The molecule has 0 aliphatic heterocycles. The zero-order valence-electron chi connectivity index (χ0n) is 15.1. The van der Waals surface area contributed by atoms with Crippen molar-refractivity contribution in [2.24, 2.45) is 0 Å². The number of nitrogens with zero attached hydrogens (tertiary/aromatic N) is 5. The van der Waals surface area contributed by atoms with E-state index in [1.807, 2.05) is 43.5 Å². The van der Waals surface area contributed by atoms with Crippen molar-refractivity contribution in [3.05, 3.63) is 34.8 Å². The summed E-state index contributed by atoms with van der Waals surface area (Å²) in [7, 11) is 0. The Bertz CT molecular complexity index is 920. The fourth-order valence-corrected chi connectivity index (χ4v) is 3.96. The third-order valence-electron chi connectivity index (χ3n) is 3.83. The molecule has 0 fully saturated rings. The van der Waals surface area contributed by atoms with Crippen LogP contribution in [0.25, 0.3) is 11.4 Å². The Kier molecular flexibility index (Phi) is 5.67. The Hall–Kier alpha value is -2.26. The van der Waals surface area contributed by atoms with Gasteiger partial charge < -0.3 is 4.57 Å². The summed E-state index contributed by atoms with van der Waals surface area (Å²) < 4.78 is 2.03. The Morgan fingerprint density at radius 1 is 1.23 bits per heavy atom. The molecule has 0 saturated carbocycles. The number of aryl methyl sites for hydroxylation is 2. The minimum absolute atomic E-state index is 0.130. The summed E-state index contributed by atoms with van der Waals surface area (Å²) in [5.74, 6) is 0.690. The second-order valence-corrected chi connectivity index (χ2v) is 8.23. The van der Waals surface area contributed by atoms with Gasteiger partial charge in [0.2, 0.25) is 11.0 Å². The van der Waals surface area contributed by atoms with Crippen LogP contribution in [-0.4, -0.2) is 36.1 Å².